The van der Waals surface area contributed by atoms with Gasteiger partial charge in [-0.1, -0.05) is 6.92 Å². The van der Waals surface area contributed by atoms with E-state index in [2.05, 4.69) is 5.32 Å². The number of anilines is 1. The van der Waals surface area contributed by atoms with Crippen molar-refractivity contribution in [2.24, 2.45) is 0 Å². The molecule has 0 aliphatic heterocycles. The highest BCUT2D eigenvalue weighted by Crippen LogP contribution is 2.29. The van der Waals surface area contributed by atoms with Crippen LogP contribution in [0.1, 0.15) is 30.6 Å². The number of ether oxygens (including phenoxy) is 2. The molecule has 0 heterocycles. The van der Waals surface area contributed by atoms with Crippen LogP contribution in [0, 0.1) is 0 Å². The Labute approximate surface area is 170 Å². The summed E-state index contributed by atoms with van der Waals surface area (Å²) in [4.78, 5) is 26.6. The Morgan fingerprint density at radius 2 is 1.71 bits per heavy atom. The van der Waals surface area contributed by atoms with Gasteiger partial charge >= 0.3 is 0 Å². The first-order chi connectivity index (χ1) is 13.4. The maximum absolute atomic E-state index is 12.6. The van der Waals surface area contributed by atoms with E-state index in [0.717, 1.165) is 23.1 Å². The van der Waals surface area contributed by atoms with E-state index in [1.54, 1.807) is 56.6 Å². The first-order valence-corrected chi connectivity index (χ1v) is 9.96. The van der Waals surface area contributed by atoms with Crippen LogP contribution in [0.5, 0.6) is 11.5 Å². The molecular formula is C21H26N2O4S. The highest BCUT2D eigenvalue weighted by Gasteiger charge is 2.12. The molecule has 2 aromatic rings. The molecule has 2 amide bonds. The van der Waals surface area contributed by atoms with Gasteiger partial charge in [-0.2, -0.15) is 0 Å². The Balaban J connectivity index is 2.07. The standard InChI is InChI=1S/C21H26N2O4S/c1-5-13-27-18-12-7-15(14-19(18)26-6-2)20(24)22-16-8-10-17(11-9-16)28-21(25)23(3)4/h7-12,14H,5-6,13H2,1-4H3,(H,22,24). The number of nitrogens with one attached hydrogen (secondary N) is 1. The van der Waals surface area contributed by atoms with Crippen molar-refractivity contribution in [3.05, 3.63) is 48.0 Å². The number of hydrogen-bond donors (Lipinski definition) is 1. The number of rotatable bonds is 8. The molecule has 2 aromatic carbocycles. The summed E-state index contributed by atoms with van der Waals surface area (Å²) >= 11 is 1.13. The van der Waals surface area contributed by atoms with Crippen LogP contribution in [0.2, 0.25) is 0 Å². The third kappa shape index (κ3) is 6.20. The lowest BCUT2D eigenvalue weighted by molar-refractivity contribution is 0.102. The lowest BCUT2D eigenvalue weighted by Gasteiger charge is -2.13. The summed E-state index contributed by atoms with van der Waals surface area (Å²) in [6, 6.07) is 12.3. The normalized spacial score (nSPS) is 10.3. The van der Waals surface area contributed by atoms with Gasteiger partial charge in [0, 0.05) is 30.2 Å². The molecule has 0 saturated heterocycles. The maximum atomic E-state index is 12.6. The van der Waals surface area contributed by atoms with Crippen molar-refractivity contribution in [2.45, 2.75) is 25.2 Å². The molecule has 0 aliphatic rings. The van der Waals surface area contributed by atoms with E-state index >= 15 is 0 Å². The van der Waals surface area contributed by atoms with Crippen LogP contribution in [0.15, 0.2) is 47.4 Å². The Morgan fingerprint density at radius 3 is 2.32 bits per heavy atom. The van der Waals surface area contributed by atoms with Crippen molar-refractivity contribution in [1.82, 2.24) is 4.90 Å². The fourth-order valence-corrected chi connectivity index (χ4v) is 2.91. The minimum absolute atomic E-state index is 0.0504. The minimum Gasteiger partial charge on any atom is -0.490 e. The summed E-state index contributed by atoms with van der Waals surface area (Å²) in [5, 5.41) is 2.80. The second-order valence-corrected chi connectivity index (χ2v) is 7.21. The Morgan fingerprint density at radius 1 is 1.00 bits per heavy atom. The maximum Gasteiger partial charge on any atom is 0.285 e. The van der Waals surface area contributed by atoms with Crippen LogP contribution in [0.3, 0.4) is 0 Å². The molecule has 1 N–H and O–H groups in total. The molecule has 0 atom stereocenters. The average Bonchev–Trinajstić information content (AvgIpc) is 2.68. The van der Waals surface area contributed by atoms with Gasteiger partial charge in [0.1, 0.15) is 0 Å². The molecule has 150 valence electrons. The van der Waals surface area contributed by atoms with Crippen molar-refractivity contribution in [2.75, 3.05) is 32.6 Å². The molecule has 0 radical (unpaired) electrons. The van der Waals surface area contributed by atoms with Crippen LogP contribution in [-0.2, 0) is 0 Å². The molecule has 0 aromatic heterocycles. The lowest BCUT2D eigenvalue weighted by Crippen LogP contribution is -2.16. The van der Waals surface area contributed by atoms with Gasteiger partial charge in [-0.25, -0.2) is 0 Å². The molecule has 6 nitrogen and oxygen atoms in total. The van der Waals surface area contributed by atoms with Crippen LogP contribution >= 0.6 is 11.8 Å². The molecule has 0 spiro atoms. The van der Waals surface area contributed by atoms with Crippen LogP contribution < -0.4 is 14.8 Å². The van der Waals surface area contributed by atoms with E-state index < -0.39 is 0 Å². The highest BCUT2D eigenvalue weighted by molar-refractivity contribution is 8.13. The number of thioether (sulfide) groups is 1. The summed E-state index contributed by atoms with van der Waals surface area (Å²) in [7, 11) is 3.41. The third-order valence-corrected chi connectivity index (χ3v) is 4.70. The first-order valence-electron chi connectivity index (χ1n) is 9.14. The molecule has 0 aliphatic carbocycles. The summed E-state index contributed by atoms with van der Waals surface area (Å²) in [5.41, 5.74) is 1.13. The second-order valence-electron chi connectivity index (χ2n) is 6.18. The molecule has 0 unspecified atom stereocenters. The van der Waals surface area contributed by atoms with Gasteiger partial charge in [-0.3, -0.25) is 9.59 Å². The Bertz CT molecular complexity index is 807. The zero-order valence-corrected chi connectivity index (χ0v) is 17.5. The third-order valence-electron chi connectivity index (χ3n) is 3.65. The fraction of sp³-hybridized carbons (Fsp3) is 0.333. The van der Waals surface area contributed by atoms with E-state index in [1.165, 1.54) is 4.90 Å². The smallest absolute Gasteiger partial charge is 0.285 e. The predicted octanol–water partition coefficient (Wildman–Crippen LogP) is 4.90. The van der Waals surface area contributed by atoms with Crippen LogP contribution in [0.25, 0.3) is 0 Å². The van der Waals surface area contributed by atoms with Gasteiger partial charge in [-0.15, -0.1) is 0 Å². The molecule has 0 bridgehead atoms. The zero-order chi connectivity index (χ0) is 20.5. The fourth-order valence-electron chi connectivity index (χ4n) is 2.25. The van der Waals surface area contributed by atoms with Crippen LogP contribution in [-0.4, -0.2) is 43.4 Å². The summed E-state index contributed by atoms with van der Waals surface area (Å²) in [6.07, 6.45) is 0.891. The van der Waals surface area contributed by atoms with Gasteiger partial charge in [0.2, 0.25) is 0 Å². The number of carbonyl (C=O) groups excluding carboxylic acids is 2. The minimum atomic E-state index is -0.243. The van der Waals surface area contributed by atoms with Crippen molar-refractivity contribution in [3.63, 3.8) is 0 Å². The molecule has 0 saturated carbocycles. The second kappa shape index (κ2) is 10.6. The van der Waals surface area contributed by atoms with Gasteiger partial charge in [-0.05, 0) is 67.6 Å². The predicted molar refractivity (Wildman–Crippen MR) is 113 cm³/mol. The van der Waals surface area contributed by atoms with Gasteiger partial charge in [0.15, 0.2) is 11.5 Å². The van der Waals surface area contributed by atoms with E-state index in [-0.39, 0.29) is 11.1 Å². The summed E-state index contributed by atoms with van der Waals surface area (Å²) in [5.74, 6) is 0.942. The number of hydrogen-bond acceptors (Lipinski definition) is 5. The van der Waals surface area contributed by atoms with Crippen molar-refractivity contribution >= 4 is 28.6 Å². The topological polar surface area (TPSA) is 67.9 Å². The molecule has 28 heavy (non-hydrogen) atoms. The molecular weight excluding hydrogens is 376 g/mol. The molecule has 2 rings (SSSR count). The number of amides is 2. The number of benzene rings is 2. The molecule has 0 fully saturated rings. The SMILES string of the molecule is CCCOc1ccc(C(=O)Nc2ccc(SC(=O)N(C)C)cc2)cc1OCC. The van der Waals surface area contributed by atoms with E-state index in [0.29, 0.717) is 36.0 Å². The number of carbonyl (C=O) groups is 2. The van der Waals surface area contributed by atoms with Gasteiger partial charge in [0.25, 0.3) is 11.1 Å². The Hall–Kier alpha value is -2.67. The average molecular weight is 403 g/mol. The zero-order valence-electron chi connectivity index (χ0n) is 16.7. The largest absolute Gasteiger partial charge is 0.490 e. The van der Waals surface area contributed by atoms with Gasteiger partial charge < -0.3 is 19.7 Å². The number of nitrogens with zero attached hydrogens (tertiary/aromatic N) is 1. The van der Waals surface area contributed by atoms with Crippen LogP contribution in [0.4, 0.5) is 10.5 Å². The van der Waals surface area contributed by atoms with E-state index in [9.17, 15) is 9.59 Å². The van der Waals surface area contributed by atoms with Crippen molar-refractivity contribution in [1.29, 1.82) is 0 Å². The Kier molecular flexibility index (Phi) is 8.19. The highest BCUT2D eigenvalue weighted by atomic mass is 32.2. The quantitative estimate of drug-likeness (QED) is 0.636. The summed E-state index contributed by atoms with van der Waals surface area (Å²) in [6.45, 7) is 4.99. The monoisotopic (exact) mass is 402 g/mol. The van der Waals surface area contributed by atoms with E-state index in [1.807, 2.05) is 13.8 Å². The molecule has 7 heteroatoms. The van der Waals surface area contributed by atoms with E-state index in [4.69, 9.17) is 9.47 Å². The lowest BCUT2D eigenvalue weighted by atomic mass is 10.2. The first kappa shape index (κ1) is 21.6. The van der Waals surface area contributed by atoms with Gasteiger partial charge in [0.05, 0.1) is 13.2 Å². The van der Waals surface area contributed by atoms with Crippen molar-refractivity contribution in [3.8, 4) is 11.5 Å². The van der Waals surface area contributed by atoms with Crippen molar-refractivity contribution < 1.29 is 19.1 Å². The summed E-state index contributed by atoms with van der Waals surface area (Å²) < 4.78 is 11.3.